The van der Waals surface area contributed by atoms with Crippen molar-refractivity contribution in [2.75, 3.05) is 13.6 Å². The molecule has 5 nitrogen and oxygen atoms in total. The Morgan fingerprint density at radius 3 is 2.47 bits per heavy atom. The summed E-state index contributed by atoms with van der Waals surface area (Å²) in [7, 11) is -1.63. The molecule has 100 valence electrons. The molecule has 2 saturated carbocycles. The number of nitrogens with one attached hydrogen (secondary N) is 1. The first-order chi connectivity index (χ1) is 8.04. The third-order valence-corrected chi connectivity index (χ3v) is 5.57. The van der Waals surface area contributed by atoms with Crippen molar-refractivity contribution in [3.8, 4) is 0 Å². The topological polar surface area (TPSA) is 75.4 Å². The van der Waals surface area contributed by atoms with Gasteiger partial charge in [-0.1, -0.05) is 12.8 Å². The maximum Gasteiger partial charge on any atom is 0.279 e. The minimum Gasteiger partial charge on any atom is -0.330 e. The van der Waals surface area contributed by atoms with Gasteiger partial charge < -0.3 is 5.73 Å². The molecule has 2 aliphatic rings. The van der Waals surface area contributed by atoms with Gasteiger partial charge in [-0.05, 0) is 38.1 Å². The average Bonchev–Trinajstić information content (AvgIpc) is 3.11. The Kier molecular flexibility index (Phi) is 4.07. The molecular formula is C11H23N3O2S. The van der Waals surface area contributed by atoms with Crippen LogP contribution in [0, 0.1) is 5.92 Å². The van der Waals surface area contributed by atoms with Crippen molar-refractivity contribution in [3.05, 3.63) is 0 Å². The van der Waals surface area contributed by atoms with Crippen molar-refractivity contribution >= 4 is 10.2 Å². The Hall–Kier alpha value is -0.170. The first kappa shape index (κ1) is 13.3. The van der Waals surface area contributed by atoms with Crippen LogP contribution in [0.1, 0.15) is 38.5 Å². The lowest BCUT2D eigenvalue weighted by molar-refractivity contribution is 0.202. The largest absolute Gasteiger partial charge is 0.330 e. The van der Waals surface area contributed by atoms with Crippen molar-refractivity contribution < 1.29 is 8.42 Å². The summed E-state index contributed by atoms with van der Waals surface area (Å²) in [6.45, 7) is 0.577. The minimum atomic E-state index is -3.31. The molecule has 0 aromatic rings. The van der Waals surface area contributed by atoms with E-state index in [9.17, 15) is 8.42 Å². The van der Waals surface area contributed by atoms with Gasteiger partial charge in [0.25, 0.3) is 10.2 Å². The Bertz CT molecular complexity index is 354. The van der Waals surface area contributed by atoms with Gasteiger partial charge >= 0.3 is 0 Å². The fourth-order valence-electron chi connectivity index (χ4n) is 2.61. The Morgan fingerprint density at radius 2 is 1.88 bits per heavy atom. The molecule has 2 unspecified atom stereocenters. The summed E-state index contributed by atoms with van der Waals surface area (Å²) in [6.07, 6.45) is 6.19. The van der Waals surface area contributed by atoms with E-state index in [1.165, 1.54) is 10.7 Å². The molecule has 0 aliphatic heterocycles. The highest BCUT2D eigenvalue weighted by Gasteiger charge is 2.36. The fourth-order valence-corrected chi connectivity index (χ4v) is 4.07. The third-order valence-electron chi connectivity index (χ3n) is 3.91. The summed E-state index contributed by atoms with van der Waals surface area (Å²) in [4.78, 5) is 0. The van der Waals surface area contributed by atoms with Gasteiger partial charge in [0.15, 0.2) is 0 Å². The molecule has 0 aromatic carbocycles. The summed E-state index contributed by atoms with van der Waals surface area (Å²) in [5, 5.41) is 0. The lowest BCUT2D eigenvalue weighted by atomic mass is 9.85. The van der Waals surface area contributed by atoms with Gasteiger partial charge in [0.05, 0.1) is 0 Å². The van der Waals surface area contributed by atoms with Crippen LogP contribution in [0.25, 0.3) is 0 Å². The molecule has 0 radical (unpaired) electrons. The van der Waals surface area contributed by atoms with Crippen LogP contribution in [0.3, 0.4) is 0 Å². The first-order valence-corrected chi connectivity index (χ1v) is 7.94. The van der Waals surface area contributed by atoms with E-state index in [0.717, 1.165) is 32.1 Å². The zero-order chi connectivity index (χ0) is 12.5. The molecule has 6 heteroatoms. The summed E-state index contributed by atoms with van der Waals surface area (Å²) in [5.74, 6) is 0.310. The molecule has 2 aliphatic carbocycles. The number of hydrogen-bond donors (Lipinski definition) is 2. The van der Waals surface area contributed by atoms with Gasteiger partial charge in [0.1, 0.15) is 0 Å². The molecule has 2 atom stereocenters. The molecule has 0 heterocycles. The van der Waals surface area contributed by atoms with E-state index < -0.39 is 10.2 Å². The van der Waals surface area contributed by atoms with E-state index in [4.69, 9.17) is 5.73 Å². The van der Waals surface area contributed by atoms with Gasteiger partial charge in [-0.15, -0.1) is 0 Å². The van der Waals surface area contributed by atoms with E-state index in [2.05, 4.69) is 4.72 Å². The predicted molar refractivity (Wildman–Crippen MR) is 67.6 cm³/mol. The fraction of sp³-hybridized carbons (Fsp3) is 1.00. The molecular weight excluding hydrogens is 238 g/mol. The van der Waals surface area contributed by atoms with Crippen LogP contribution in [0.4, 0.5) is 0 Å². The van der Waals surface area contributed by atoms with Gasteiger partial charge in [-0.3, -0.25) is 0 Å². The number of nitrogens with two attached hydrogens (primary N) is 1. The molecule has 0 saturated heterocycles. The molecule has 2 rings (SSSR count). The normalized spacial score (nSPS) is 30.8. The van der Waals surface area contributed by atoms with E-state index in [1.807, 2.05) is 0 Å². The second kappa shape index (κ2) is 5.22. The maximum absolute atomic E-state index is 12.1. The second-order valence-corrected chi connectivity index (χ2v) is 7.02. The van der Waals surface area contributed by atoms with Crippen molar-refractivity contribution in [2.45, 2.75) is 50.6 Å². The Balaban J connectivity index is 2.03. The molecule has 3 N–H and O–H groups in total. The van der Waals surface area contributed by atoms with E-state index in [0.29, 0.717) is 12.5 Å². The van der Waals surface area contributed by atoms with E-state index in [1.54, 1.807) is 7.05 Å². The summed E-state index contributed by atoms with van der Waals surface area (Å²) < 4.78 is 28.5. The number of rotatable bonds is 5. The highest BCUT2D eigenvalue weighted by Crippen LogP contribution is 2.29. The highest BCUT2D eigenvalue weighted by molar-refractivity contribution is 7.87. The van der Waals surface area contributed by atoms with Crippen LogP contribution in [0.2, 0.25) is 0 Å². The summed E-state index contributed by atoms with van der Waals surface area (Å²) in [5.41, 5.74) is 5.75. The zero-order valence-corrected chi connectivity index (χ0v) is 11.2. The van der Waals surface area contributed by atoms with Crippen molar-refractivity contribution in [1.29, 1.82) is 0 Å². The monoisotopic (exact) mass is 261 g/mol. The van der Waals surface area contributed by atoms with Crippen LogP contribution < -0.4 is 10.5 Å². The number of nitrogens with zero attached hydrogens (tertiary/aromatic N) is 1. The standard InChI is InChI=1S/C11H23N3O2S/c1-14(17(15,16)13-10-6-7-10)11-5-3-2-4-9(11)8-12/h9-11,13H,2-8,12H2,1H3. The average molecular weight is 261 g/mol. The van der Waals surface area contributed by atoms with Gasteiger partial charge in [0.2, 0.25) is 0 Å². The van der Waals surface area contributed by atoms with Crippen molar-refractivity contribution in [1.82, 2.24) is 9.03 Å². The van der Waals surface area contributed by atoms with Crippen LogP contribution in [-0.4, -0.2) is 38.4 Å². The molecule has 0 amide bonds. The molecule has 0 bridgehead atoms. The van der Waals surface area contributed by atoms with Crippen molar-refractivity contribution in [2.24, 2.45) is 11.7 Å². The van der Waals surface area contributed by atoms with Gasteiger partial charge in [-0.25, -0.2) is 0 Å². The summed E-state index contributed by atoms with van der Waals surface area (Å²) >= 11 is 0. The molecule has 0 spiro atoms. The quantitative estimate of drug-likeness (QED) is 0.753. The smallest absolute Gasteiger partial charge is 0.279 e. The van der Waals surface area contributed by atoms with Crippen LogP contribution in [0.5, 0.6) is 0 Å². The first-order valence-electron chi connectivity index (χ1n) is 6.50. The molecule has 0 aromatic heterocycles. The van der Waals surface area contributed by atoms with Crippen LogP contribution in [0.15, 0.2) is 0 Å². The Labute approximate surface area is 104 Å². The third kappa shape index (κ3) is 3.19. The van der Waals surface area contributed by atoms with Gasteiger partial charge in [-0.2, -0.15) is 17.4 Å². The molecule has 17 heavy (non-hydrogen) atoms. The van der Waals surface area contributed by atoms with Crippen LogP contribution >= 0.6 is 0 Å². The Morgan fingerprint density at radius 1 is 1.24 bits per heavy atom. The second-order valence-electron chi connectivity index (χ2n) is 5.26. The lowest BCUT2D eigenvalue weighted by Crippen LogP contribution is -2.50. The van der Waals surface area contributed by atoms with Crippen molar-refractivity contribution in [3.63, 3.8) is 0 Å². The predicted octanol–water partition coefficient (Wildman–Crippen LogP) is 0.433. The zero-order valence-electron chi connectivity index (χ0n) is 10.4. The summed E-state index contributed by atoms with van der Waals surface area (Å²) in [6, 6.07) is 0.243. The molecule has 2 fully saturated rings. The SMILES string of the molecule is CN(C1CCCCC1CN)S(=O)(=O)NC1CC1. The lowest BCUT2D eigenvalue weighted by Gasteiger charge is -2.36. The van der Waals surface area contributed by atoms with E-state index >= 15 is 0 Å². The highest BCUT2D eigenvalue weighted by atomic mass is 32.2. The number of hydrogen-bond acceptors (Lipinski definition) is 3. The van der Waals surface area contributed by atoms with E-state index in [-0.39, 0.29) is 12.1 Å². The minimum absolute atomic E-state index is 0.0741. The van der Waals surface area contributed by atoms with Crippen LogP contribution in [-0.2, 0) is 10.2 Å². The maximum atomic E-state index is 12.1. The van der Waals surface area contributed by atoms with Gasteiger partial charge in [0, 0.05) is 19.1 Å².